The number of sulfonamides is 1. The minimum Gasteiger partial charge on any atom is -0.308 e. The summed E-state index contributed by atoms with van der Waals surface area (Å²) in [5.41, 5.74) is 2.35. The van der Waals surface area contributed by atoms with Crippen LogP contribution in [-0.4, -0.2) is 30.8 Å². The van der Waals surface area contributed by atoms with Crippen molar-refractivity contribution in [1.29, 1.82) is 0 Å². The second-order valence-corrected chi connectivity index (χ2v) is 6.62. The molecule has 0 amide bonds. The number of hydrazine groups is 1. The van der Waals surface area contributed by atoms with E-state index < -0.39 is 10.0 Å². The number of nitrogen functional groups attached to an aromatic ring is 1. The zero-order valence-electron chi connectivity index (χ0n) is 10.5. The van der Waals surface area contributed by atoms with Crippen molar-refractivity contribution in [1.82, 2.24) is 9.29 Å². The van der Waals surface area contributed by atoms with Gasteiger partial charge in [-0.3, -0.25) is 0 Å². The number of nitrogens with one attached hydrogen (secondary N) is 1. The van der Waals surface area contributed by atoms with Crippen molar-refractivity contribution in [3.05, 3.63) is 18.3 Å². The van der Waals surface area contributed by atoms with Gasteiger partial charge in [0.1, 0.15) is 5.82 Å². The van der Waals surface area contributed by atoms with E-state index in [1.807, 2.05) is 6.92 Å². The fraction of sp³-hybridized carbons (Fsp3) is 0.545. The molecular weight excluding hydrogens is 252 g/mol. The first-order valence-corrected chi connectivity index (χ1v) is 7.31. The lowest BCUT2D eigenvalue weighted by Gasteiger charge is -2.24. The number of hydrogen-bond acceptors (Lipinski definition) is 5. The van der Waals surface area contributed by atoms with Crippen LogP contribution in [0.5, 0.6) is 0 Å². The fourth-order valence-electron chi connectivity index (χ4n) is 1.91. The molecule has 1 heterocycles. The Morgan fingerprint density at radius 3 is 2.78 bits per heavy atom. The van der Waals surface area contributed by atoms with Crippen LogP contribution in [0.2, 0.25) is 0 Å². The molecule has 1 aliphatic carbocycles. The normalized spacial score (nSPS) is 17.8. The molecular formula is C11H18N4O2S. The number of aromatic nitrogens is 1. The van der Waals surface area contributed by atoms with E-state index in [0.29, 0.717) is 11.7 Å². The van der Waals surface area contributed by atoms with Crippen LogP contribution in [0.15, 0.2) is 23.2 Å². The number of hydrogen-bond donors (Lipinski definition) is 2. The quantitative estimate of drug-likeness (QED) is 0.610. The Labute approximate surface area is 107 Å². The topological polar surface area (TPSA) is 88.3 Å². The van der Waals surface area contributed by atoms with Crippen molar-refractivity contribution in [2.45, 2.75) is 30.7 Å². The Morgan fingerprint density at radius 2 is 2.22 bits per heavy atom. The third-order valence-electron chi connectivity index (χ3n) is 3.43. The average molecular weight is 270 g/mol. The van der Waals surface area contributed by atoms with Gasteiger partial charge in [0.15, 0.2) is 0 Å². The first-order chi connectivity index (χ1) is 8.46. The molecule has 7 heteroatoms. The summed E-state index contributed by atoms with van der Waals surface area (Å²) in [5, 5.41) is 0. The highest BCUT2D eigenvalue weighted by atomic mass is 32.2. The number of anilines is 1. The van der Waals surface area contributed by atoms with Crippen molar-refractivity contribution in [3.63, 3.8) is 0 Å². The summed E-state index contributed by atoms with van der Waals surface area (Å²) in [7, 11) is -1.86. The second-order valence-electron chi connectivity index (χ2n) is 4.62. The van der Waals surface area contributed by atoms with E-state index in [9.17, 15) is 8.42 Å². The van der Waals surface area contributed by atoms with Gasteiger partial charge in [-0.05, 0) is 31.7 Å². The van der Waals surface area contributed by atoms with Gasteiger partial charge in [0, 0.05) is 25.4 Å². The van der Waals surface area contributed by atoms with E-state index in [-0.39, 0.29) is 10.9 Å². The summed E-state index contributed by atoms with van der Waals surface area (Å²) in [4.78, 5) is 4.11. The van der Waals surface area contributed by atoms with Crippen molar-refractivity contribution < 1.29 is 8.42 Å². The summed E-state index contributed by atoms with van der Waals surface area (Å²) >= 11 is 0. The van der Waals surface area contributed by atoms with Gasteiger partial charge in [0.25, 0.3) is 0 Å². The van der Waals surface area contributed by atoms with Gasteiger partial charge in [-0.1, -0.05) is 0 Å². The molecule has 0 aliphatic heterocycles. The molecule has 0 spiro atoms. The molecule has 18 heavy (non-hydrogen) atoms. The summed E-state index contributed by atoms with van der Waals surface area (Å²) in [6, 6.07) is 2.94. The van der Waals surface area contributed by atoms with E-state index in [2.05, 4.69) is 10.4 Å². The number of nitrogens with two attached hydrogens (primary N) is 1. The van der Waals surface area contributed by atoms with Crippen LogP contribution in [0, 0.1) is 5.92 Å². The molecule has 0 bridgehead atoms. The van der Waals surface area contributed by atoms with E-state index in [1.165, 1.54) is 22.6 Å². The highest BCUT2D eigenvalue weighted by Gasteiger charge is 2.36. The fourth-order valence-corrected chi connectivity index (χ4v) is 3.35. The number of nitrogens with zero attached hydrogens (tertiary/aromatic N) is 2. The van der Waals surface area contributed by atoms with Crippen LogP contribution in [0.4, 0.5) is 5.82 Å². The standard InChI is InChI=1S/C11H18N4O2S/c1-8(9-3-4-9)15(2)18(16,17)10-5-6-13-11(7-10)14-12/h5-9H,3-4,12H2,1-2H3,(H,13,14). The Bertz CT molecular complexity index is 528. The zero-order chi connectivity index (χ0) is 13.3. The third kappa shape index (κ3) is 2.47. The van der Waals surface area contributed by atoms with Gasteiger partial charge in [-0.15, -0.1) is 0 Å². The van der Waals surface area contributed by atoms with E-state index in [1.54, 1.807) is 7.05 Å². The largest absolute Gasteiger partial charge is 0.308 e. The molecule has 1 fully saturated rings. The maximum Gasteiger partial charge on any atom is 0.243 e. The Balaban J connectivity index is 2.28. The van der Waals surface area contributed by atoms with E-state index in [0.717, 1.165) is 12.8 Å². The number of pyridine rings is 1. The lowest BCUT2D eigenvalue weighted by molar-refractivity contribution is 0.357. The lowest BCUT2D eigenvalue weighted by atomic mass is 10.2. The maximum atomic E-state index is 12.4. The van der Waals surface area contributed by atoms with Gasteiger partial charge in [-0.25, -0.2) is 19.2 Å². The molecule has 1 aliphatic rings. The van der Waals surface area contributed by atoms with Gasteiger partial charge in [0.2, 0.25) is 10.0 Å². The van der Waals surface area contributed by atoms with Crippen molar-refractivity contribution >= 4 is 15.8 Å². The molecule has 1 aromatic heterocycles. The van der Waals surface area contributed by atoms with Crippen LogP contribution < -0.4 is 11.3 Å². The predicted molar refractivity (Wildman–Crippen MR) is 69.2 cm³/mol. The molecule has 0 saturated heterocycles. The first-order valence-electron chi connectivity index (χ1n) is 5.87. The van der Waals surface area contributed by atoms with Crippen LogP contribution in [-0.2, 0) is 10.0 Å². The summed E-state index contributed by atoms with van der Waals surface area (Å²) in [6.45, 7) is 1.94. The molecule has 0 aromatic carbocycles. The Hall–Kier alpha value is -1.18. The Kier molecular flexibility index (Phi) is 3.56. The number of rotatable bonds is 5. The van der Waals surface area contributed by atoms with Crippen LogP contribution in [0.3, 0.4) is 0 Å². The van der Waals surface area contributed by atoms with E-state index >= 15 is 0 Å². The molecule has 1 saturated carbocycles. The maximum absolute atomic E-state index is 12.4. The molecule has 6 nitrogen and oxygen atoms in total. The van der Waals surface area contributed by atoms with Gasteiger partial charge < -0.3 is 5.43 Å². The SMILES string of the molecule is CC(C1CC1)N(C)S(=O)(=O)c1ccnc(NN)c1. The first kappa shape index (κ1) is 13.3. The smallest absolute Gasteiger partial charge is 0.243 e. The highest BCUT2D eigenvalue weighted by molar-refractivity contribution is 7.89. The van der Waals surface area contributed by atoms with E-state index in [4.69, 9.17) is 5.84 Å². The second kappa shape index (κ2) is 4.83. The predicted octanol–water partition coefficient (Wildman–Crippen LogP) is 0.786. The molecule has 1 unspecified atom stereocenters. The summed E-state index contributed by atoms with van der Waals surface area (Å²) in [5.74, 6) is 6.06. The lowest BCUT2D eigenvalue weighted by Crippen LogP contribution is -2.36. The van der Waals surface area contributed by atoms with Crippen LogP contribution >= 0.6 is 0 Å². The summed E-state index contributed by atoms with van der Waals surface area (Å²) < 4.78 is 26.2. The summed E-state index contributed by atoms with van der Waals surface area (Å²) in [6.07, 6.45) is 3.64. The molecule has 0 radical (unpaired) electrons. The van der Waals surface area contributed by atoms with Crippen LogP contribution in [0.1, 0.15) is 19.8 Å². The van der Waals surface area contributed by atoms with Gasteiger partial charge in [0.05, 0.1) is 4.90 Å². The Morgan fingerprint density at radius 1 is 1.56 bits per heavy atom. The minimum atomic E-state index is -3.48. The third-order valence-corrected chi connectivity index (χ3v) is 5.37. The van der Waals surface area contributed by atoms with Crippen molar-refractivity contribution in [2.75, 3.05) is 12.5 Å². The van der Waals surface area contributed by atoms with Gasteiger partial charge in [-0.2, -0.15) is 4.31 Å². The molecule has 1 atom stereocenters. The van der Waals surface area contributed by atoms with Gasteiger partial charge >= 0.3 is 0 Å². The monoisotopic (exact) mass is 270 g/mol. The van der Waals surface area contributed by atoms with Crippen molar-refractivity contribution in [2.24, 2.45) is 11.8 Å². The zero-order valence-corrected chi connectivity index (χ0v) is 11.3. The average Bonchev–Trinajstić information content (AvgIpc) is 3.21. The van der Waals surface area contributed by atoms with Crippen LogP contribution in [0.25, 0.3) is 0 Å². The molecule has 2 rings (SSSR count). The molecule has 100 valence electrons. The minimum absolute atomic E-state index is 0.0254. The molecule has 3 N–H and O–H groups in total. The van der Waals surface area contributed by atoms with Crippen molar-refractivity contribution in [3.8, 4) is 0 Å². The highest BCUT2D eigenvalue weighted by Crippen LogP contribution is 2.36. The molecule has 1 aromatic rings.